The molecule has 0 amide bonds. The zero-order chi connectivity index (χ0) is 13.0. The van der Waals surface area contributed by atoms with E-state index in [1.807, 2.05) is 0 Å². The van der Waals surface area contributed by atoms with Crippen molar-refractivity contribution in [2.45, 2.75) is 11.5 Å². The van der Waals surface area contributed by atoms with Gasteiger partial charge in [-0.15, -0.1) is 0 Å². The highest BCUT2D eigenvalue weighted by Gasteiger charge is 1.98. The lowest BCUT2D eigenvalue weighted by molar-refractivity contribution is 0.306. The molecule has 0 fully saturated rings. The minimum absolute atomic E-state index is 0.212. The van der Waals surface area contributed by atoms with Gasteiger partial charge in [0.15, 0.2) is 0 Å². The van der Waals surface area contributed by atoms with Crippen molar-refractivity contribution >= 4 is 11.1 Å². The molecule has 2 aromatic carbocycles. The van der Waals surface area contributed by atoms with Crippen LogP contribution in [0.1, 0.15) is 5.56 Å². The van der Waals surface area contributed by atoms with E-state index in [4.69, 9.17) is 4.74 Å². The fourth-order valence-corrected chi connectivity index (χ4v) is 1.75. The highest BCUT2D eigenvalue weighted by Crippen LogP contribution is 2.15. The Bertz CT molecular complexity index is 537. The van der Waals surface area contributed by atoms with Gasteiger partial charge in [-0.1, -0.05) is 12.1 Å². The number of hydrogen-bond acceptors (Lipinski definition) is 3. The maximum absolute atomic E-state index is 12.7. The van der Waals surface area contributed by atoms with Crippen molar-refractivity contribution in [3.05, 3.63) is 59.9 Å². The minimum Gasteiger partial charge on any atom is -0.768 e. The van der Waals surface area contributed by atoms with Crippen LogP contribution in [-0.2, 0) is 17.7 Å². The second kappa shape index (κ2) is 5.75. The summed E-state index contributed by atoms with van der Waals surface area (Å²) in [5.74, 6) is 0.273. The van der Waals surface area contributed by atoms with Crippen molar-refractivity contribution in [2.24, 2.45) is 0 Å². The van der Waals surface area contributed by atoms with Crippen LogP contribution < -0.4 is 4.74 Å². The molecule has 0 saturated heterocycles. The average Bonchev–Trinajstić information content (AvgIpc) is 2.38. The van der Waals surface area contributed by atoms with Gasteiger partial charge in [-0.3, -0.25) is 4.21 Å². The molecule has 0 radical (unpaired) electrons. The van der Waals surface area contributed by atoms with Crippen molar-refractivity contribution in [3.8, 4) is 5.75 Å². The van der Waals surface area contributed by atoms with E-state index in [9.17, 15) is 13.2 Å². The summed E-state index contributed by atoms with van der Waals surface area (Å²) < 4.78 is 39.4. The Morgan fingerprint density at radius 2 is 1.67 bits per heavy atom. The highest BCUT2D eigenvalue weighted by molar-refractivity contribution is 7.79. The monoisotopic (exact) mass is 265 g/mol. The van der Waals surface area contributed by atoms with Crippen molar-refractivity contribution in [3.63, 3.8) is 0 Å². The van der Waals surface area contributed by atoms with Gasteiger partial charge in [0, 0.05) is 4.90 Å². The summed E-state index contributed by atoms with van der Waals surface area (Å²) in [6.07, 6.45) is 0. The van der Waals surface area contributed by atoms with Crippen LogP contribution >= 0.6 is 0 Å². The summed E-state index contributed by atoms with van der Waals surface area (Å²) >= 11 is -2.23. The molecule has 0 N–H and O–H groups in total. The molecule has 5 heteroatoms. The first-order valence-electron chi connectivity index (χ1n) is 5.22. The number of halogens is 1. The molecule has 0 aliphatic rings. The van der Waals surface area contributed by atoms with E-state index in [1.54, 1.807) is 24.3 Å². The SMILES string of the molecule is O=S([O-])c1ccc(OCc2ccc(F)cc2)cc1. The first-order valence-corrected chi connectivity index (χ1v) is 6.29. The maximum atomic E-state index is 12.7. The fraction of sp³-hybridized carbons (Fsp3) is 0.0769. The Balaban J connectivity index is 1.97. The number of ether oxygens (including phenoxy) is 1. The smallest absolute Gasteiger partial charge is 0.123 e. The summed E-state index contributed by atoms with van der Waals surface area (Å²) in [7, 11) is 0. The zero-order valence-corrected chi connectivity index (χ0v) is 10.2. The van der Waals surface area contributed by atoms with Crippen molar-refractivity contribution in [2.75, 3.05) is 0 Å². The van der Waals surface area contributed by atoms with Crippen LogP contribution in [0.3, 0.4) is 0 Å². The van der Waals surface area contributed by atoms with Crippen LogP contribution in [-0.4, -0.2) is 8.76 Å². The van der Waals surface area contributed by atoms with Crippen LogP contribution in [0.15, 0.2) is 53.4 Å². The predicted octanol–water partition coefficient (Wildman–Crippen LogP) is 2.64. The third-order valence-electron chi connectivity index (χ3n) is 2.33. The molecule has 0 spiro atoms. The second-order valence-electron chi connectivity index (χ2n) is 3.62. The van der Waals surface area contributed by atoms with Crippen molar-refractivity contribution in [1.29, 1.82) is 0 Å². The lowest BCUT2D eigenvalue weighted by Crippen LogP contribution is -1.96. The van der Waals surface area contributed by atoms with Gasteiger partial charge >= 0.3 is 0 Å². The van der Waals surface area contributed by atoms with Gasteiger partial charge in [-0.25, -0.2) is 4.39 Å². The average molecular weight is 265 g/mol. The molecule has 0 aliphatic carbocycles. The zero-order valence-electron chi connectivity index (χ0n) is 9.34. The van der Waals surface area contributed by atoms with Crippen molar-refractivity contribution in [1.82, 2.24) is 0 Å². The molecule has 2 rings (SSSR count). The van der Waals surface area contributed by atoms with Gasteiger partial charge in [0.25, 0.3) is 0 Å². The molecule has 18 heavy (non-hydrogen) atoms. The van der Waals surface area contributed by atoms with Crippen LogP contribution in [0.4, 0.5) is 4.39 Å². The molecule has 0 bridgehead atoms. The molecular weight excluding hydrogens is 255 g/mol. The minimum atomic E-state index is -2.23. The topological polar surface area (TPSA) is 49.4 Å². The Hall–Kier alpha value is -1.72. The molecule has 0 aromatic heterocycles. The number of rotatable bonds is 4. The Labute approximate surface area is 107 Å². The van der Waals surface area contributed by atoms with Gasteiger partial charge in [-0.2, -0.15) is 0 Å². The normalized spacial score (nSPS) is 12.1. The summed E-state index contributed by atoms with van der Waals surface area (Å²) in [6, 6.07) is 12.1. The molecule has 1 unspecified atom stereocenters. The molecule has 2 aromatic rings. The first kappa shape index (κ1) is 12.7. The van der Waals surface area contributed by atoms with Crippen LogP contribution in [0, 0.1) is 5.82 Å². The number of benzene rings is 2. The van der Waals surface area contributed by atoms with E-state index in [2.05, 4.69) is 0 Å². The standard InChI is InChI=1S/C13H11FO3S/c14-11-3-1-10(2-4-11)9-17-12-5-7-13(8-6-12)18(15)16/h1-8H,9H2,(H,15,16)/p-1. The highest BCUT2D eigenvalue weighted by atomic mass is 32.2. The Morgan fingerprint density at radius 3 is 2.22 bits per heavy atom. The van der Waals surface area contributed by atoms with E-state index in [0.717, 1.165) is 5.56 Å². The quantitative estimate of drug-likeness (QED) is 0.798. The van der Waals surface area contributed by atoms with Crippen molar-refractivity contribution < 1.29 is 17.9 Å². The summed E-state index contributed by atoms with van der Waals surface area (Å²) in [5.41, 5.74) is 0.841. The second-order valence-corrected chi connectivity index (χ2v) is 4.56. The third kappa shape index (κ3) is 3.38. The van der Waals surface area contributed by atoms with Gasteiger partial charge in [0.1, 0.15) is 18.2 Å². The van der Waals surface area contributed by atoms with E-state index < -0.39 is 11.1 Å². The summed E-state index contributed by atoms with van der Waals surface area (Å²) in [4.78, 5) is 0.212. The van der Waals surface area contributed by atoms with Gasteiger partial charge < -0.3 is 9.29 Å². The van der Waals surface area contributed by atoms with Crippen LogP contribution in [0.5, 0.6) is 5.75 Å². The lowest BCUT2D eigenvalue weighted by atomic mass is 10.2. The molecular formula is C13H10FO3S-. The molecule has 3 nitrogen and oxygen atoms in total. The van der Waals surface area contributed by atoms with E-state index in [0.29, 0.717) is 12.4 Å². The summed E-state index contributed by atoms with van der Waals surface area (Å²) in [5, 5.41) is 0. The number of hydrogen-bond donors (Lipinski definition) is 0. The van der Waals surface area contributed by atoms with E-state index in [-0.39, 0.29) is 10.7 Å². The fourth-order valence-electron chi connectivity index (χ4n) is 1.39. The molecule has 94 valence electrons. The Kier molecular flexibility index (Phi) is 4.07. The molecule has 1 atom stereocenters. The van der Waals surface area contributed by atoms with E-state index >= 15 is 0 Å². The van der Waals surface area contributed by atoms with Gasteiger partial charge in [-0.05, 0) is 53.0 Å². The van der Waals surface area contributed by atoms with Gasteiger partial charge in [0.05, 0.1) is 0 Å². The summed E-state index contributed by atoms with van der Waals surface area (Å²) in [6.45, 7) is 0.306. The molecule has 0 saturated carbocycles. The predicted molar refractivity (Wildman–Crippen MR) is 64.4 cm³/mol. The van der Waals surface area contributed by atoms with Gasteiger partial charge in [0.2, 0.25) is 0 Å². The van der Waals surface area contributed by atoms with Crippen LogP contribution in [0.25, 0.3) is 0 Å². The first-order chi connectivity index (χ1) is 8.65. The van der Waals surface area contributed by atoms with Crippen LogP contribution in [0.2, 0.25) is 0 Å². The molecule has 0 heterocycles. The third-order valence-corrected chi connectivity index (χ3v) is 2.99. The molecule has 0 aliphatic heterocycles. The lowest BCUT2D eigenvalue weighted by Gasteiger charge is -2.08. The van der Waals surface area contributed by atoms with E-state index in [1.165, 1.54) is 24.3 Å². The largest absolute Gasteiger partial charge is 0.768 e. The Morgan fingerprint density at radius 1 is 1.06 bits per heavy atom. The maximum Gasteiger partial charge on any atom is 0.123 e.